The van der Waals surface area contributed by atoms with Gasteiger partial charge in [0.05, 0.1) is 0 Å². The highest BCUT2D eigenvalue weighted by Crippen LogP contribution is 2.17. The maximum Gasteiger partial charge on any atom is 0.0365 e. The van der Waals surface area contributed by atoms with Crippen LogP contribution >= 0.6 is 0 Å². The fourth-order valence-electron chi connectivity index (χ4n) is 1.76. The number of aryl methyl sites for hydroxylation is 1. The Morgan fingerprint density at radius 2 is 2.07 bits per heavy atom. The van der Waals surface area contributed by atoms with Crippen molar-refractivity contribution in [3.63, 3.8) is 0 Å². The number of hydrogen-bond donors (Lipinski definition) is 2. The van der Waals surface area contributed by atoms with E-state index < -0.39 is 0 Å². The number of hydrogen-bond acceptors (Lipinski definition) is 2. The van der Waals surface area contributed by atoms with Crippen LogP contribution in [0.2, 0.25) is 0 Å². The van der Waals surface area contributed by atoms with Crippen LogP contribution in [0.3, 0.4) is 0 Å². The molecule has 1 aromatic rings. The smallest absolute Gasteiger partial charge is 0.0365 e. The van der Waals surface area contributed by atoms with Crippen molar-refractivity contribution in [1.82, 2.24) is 0 Å². The lowest BCUT2D eigenvalue weighted by Gasteiger charge is -2.15. The first-order valence-corrected chi connectivity index (χ1v) is 5.75. The third-order valence-electron chi connectivity index (χ3n) is 2.50. The number of nitrogens with two attached hydrogens (primary N) is 1. The Kier molecular flexibility index (Phi) is 4.47. The topological polar surface area (TPSA) is 38.0 Å². The molecule has 0 aliphatic heterocycles. The van der Waals surface area contributed by atoms with E-state index in [0.29, 0.717) is 6.04 Å². The van der Waals surface area contributed by atoms with Crippen LogP contribution in [-0.4, -0.2) is 6.04 Å². The lowest BCUT2D eigenvalue weighted by Crippen LogP contribution is -2.14. The summed E-state index contributed by atoms with van der Waals surface area (Å²) in [6, 6.07) is 6.64. The molecular formula is C13H22N2. The first-order chi connectivity index (χ1) is 7.11. The molecule has 0 aromatic heterocycles. The lowest BCUT2D eigenvalue weighted by atomic mass is 10.1. The van der Waals surface area contributed by atoms with E-state index in [-0.39, 0.29) is 0 Å². The van der Waals surface area contributed by atoms with Gasteiger partial charge in [0.15, 0.2) is 0 Å². The summed E-state index contributed by atoms with van der Waals surface area (Å²) >= 11 is 0. The molecule has 84 valence electrons. The van der Waals surface area contributed by atoms with Crippen molar-refractivity contribution in [2.75, 3.05) is 11.1 Å². The molecule has 2 heteroatoms. The van der Waals surface area contributed by atoms with E-state index in [9.17, 15) is 0 Å². The van der Waals surface area contributed by atoms with Crippen molar-refractivity contribution in [1.29, 1.82) is 0 Å². The quantitative estimate of drug-likeness (QED) is 0.723. The van der Waals surface area contributed by atoms with E-state index in [4.69, 9.17) is 5.73 Å². The average molecular weight is 206 g/mol. The summed E-state index contributed by atoms with van der Waals surface area (Å²) in [6.45, 7) is 6.50. The van der Waals surface area contributed by atoms with E-state index in [0.717, 1.165) is 11.4 Å². The number of unbranched alkanes of at least 4 members (excludes halogenated alkanes) is 1. The lowest BCUT2D eigenvalue weighted by molar-refractivity contribution is 0.645. The van der Waals surface area contributed by atoms with Crippen LogP contribution in [0.4, 0.5) is 11.4 Å². The summed E-state index contributed by atoms with van der Waals surface area (Å²) < 4.78 is 0. The number of nitrogens with one attached hydrogen (secondary N) is 1. The zero-order valence-electron chi connectivity index (χ0n) is 10.0. The molecule has 0 heterocycles. The molecule has 1 unspecified atom stereocenters. The Labute approximate surface area is 92.9 Å². The van der Waals surface area contributed by atoms with E-state index >= 15 is 0 Å². The van der Waals surface area contributed by atoms with Crippen LogP contribution in [-0.2, 0) is 0 Å². The van der Waals surface area contributed by atoms with Crippen molar-refractivity contribution in [3.05, 3.63) is 23.8 Å². The monoisotopic (exact) mass is 206 g/mol. The Morgan fingerprint density at radius 3 is 2.67 bits per heavy atom. The normalized spacial score (nSPS) is 12.5. The second kappa shape index (κ2) is 5.64. The number of benzene rings is 1. The van der Waals surface area contributed by atoms with Gasteiger partial charge in [0, 0.05) is 17.4 Å². The minimum Gasteiger partial charge on any atom is -0.399 e. The van der Waals surface area contributed by atoms with Crippen LogP contribution in [0, 0.1) is 6.92 Å². The molecule has 0 fully saturated rings. The van der Waals surface area contributed by atoms with Crippen molar-refractivity contribution in [2.45, 2.75) is 46.1 Å². The van der Waals surface area contributed by atoms with Gasteiger partial charge in [0.25, 0.3) is 0 Å². The third kappa shape index (κ3) is 4.24. The predicted molar refractivity (Wildman–Crippen MR) is 68.2 cm³/mol. The fraction of sp³-hybridized carbons (Fsp3) is 0.538. The molecule has 0 bridgehead atoms. The SMILES string of the molecule is CCCCC(C)Nc1cc(C)cc(N)c1. The molecule has 1 atom stereocenters. The first-order valence-electron chi connectivity index (χ1n) is 5.75. The highest BCUT2D eigenvalue weighted by molar-refractivity contribution is 5.57. The maximum absolute atomic E-state index is 5.80. The number of nitrogen functional groups attached to an aromatic ring is 1. The zero-order chi connectivity index (χ0) is 11.3. The van der Waals surface area contributed by atoms with Crippen molar-refractivity contribution < 1.29 is 0 Å². The zero-order valence-corrected chi connectivity index (χ0v) is 10.0. The van der Waals surface area contributed by atoms with Crippen LogP contribution in [0.1, 0.15) is 38.7 Å². The molecule has 2 nitrogen and oxygen atoms in total. The summed E-state index contributed by atoms with van der Waals surface area (Å²) in [5.41, 5.74) is 8.97. The largest absolute Gasteiger partial charge is 0.399 e. The van der Waals surface area contributed by atoms with Crippen molar-refractivity contribution in [2.24, 2.45) is 0 Å². The van der Waals surface area contributed by atoms with Gasteiger partial charge >= 0.3 is 0 Å². The second-order valence-corrected chi connectivity index (χ2v) is 4.32. The van der Waals surface area contributed by atoms with Crippen LogP contribution in [0.15, 0.2) is 18.2 Å². The summed E-state index contributed by atoms with van der Waals surface area (Å²) in [5, 5.41) is 3.48. The molecule has 3 N–H and O–H groups in total. The van der Waals surface area contributed by atoms with E-state index in [1.54, 1.807) is 0 Å². The summed E-state index contributed by atoms with van der Waals surface area (Å²) in [6.07, 6.45) is 3.74. The van der Waals surface area contributed by atoms with Gasteiger partial charge in [0.1, 0.15) is 0 Å². The Bertz CT molecular complexity index is 287. The predicted octanol–water partition coefficient (Wildman–Crippen LogP) is 3.57. The fourth-order valence-corrected chi connectivity index (χ4v) is 1.76. The molecule has 0 aliphatic carbocycles. The molecule has 1 rings (SSSR count). The van der Waals surface area contributed by atoms with E-state index in [1.807, 2.05) is 12.1 Å². The van der Waals surface area contributed by atoms with Crippen molar-refractivity contribution >= 4 is 11.4 Å². The van der Waals surface area contributed by atoms with Gasteiger partial charge < -0.3 is 11.1 Å². The molecule has 0 spiro atoms. The van der Waals surface area contributed by atoms with Gasteiger partial charge in [-0.05, 0) is 44.0 Å². The Balaban J connectivity index is 2.56. The molecule has 0 radical (unpaired) electrons. The molecule has 0 amide bonds. The first kappa shape index (κ1) is 11.9. The van der Waals surface area contributed by atoms with Crippen LogP contribution in [0.25, 0.3) is 0 Å². The molecule has 0 saturated carbocycles. The highest BCUT2D eigenvalue weighted by atomic mass is 14.9. The highest BCUT2D eigenvalue weighted by Gasteiger charge is 2.02. The average Bonchev–Trinajstić information content (AvgIpc) is 2.13. The molecular weight excluding hydrogens is 184 g/mol. The van der Waals surface area contributed by atoms with Gasteiger partial charge in [0.2, 0.25) is 0 Å². The maximum atomic E-state index is 5.80. The second-order valence-electron chi connectivity index (χ2n) is 4.32. The van der Waals surface area contributed by atoms with Crippen LogP contribution in [0.5, 0.6) is 0 Å². The van der Waals surface area contributed by atoms with E-state index in [1.165, 1.54) is 24.8 Å². The summed E-state index contributed by atoms with van der Waals surface area (Å²) in [4.78, 5) is 0. The summed E-state index contributed by atoms with van der Waals surface area (Å²) in [7, 11) is 0. The standard InChI is InChI=1S/C13H22N2/c1-4-5-6-11(3)15-13-8-10(2)7-12(14)9-13/h7-9,11,15H,4-6,14H2,1-3H3. The van der Waals surface area contributed by atoms with E-state index in [2.05, 4.69) is 32.2 Å². The van der Waals surface area contributed by atoms with Gasteiger partial charge in [-0.1, -0.05) is 19.8 Å². The minimum absolute atomic E-state index is 0.520. The summed E-state index contributed by atoms with van der Waals surface area (Å²) in [5.74, 6) is 0. The molecule has 15 heavy (non-hydrogen) atoms. The van der Waals surface area contributed by atoms with Gasteiger partial charge in [-0.25, -0.2) is 0 Å². The van der Waals surface area contributed by atoms with Gasteiger partial charge in [-0.15, -0.1) is 0 Å². The van der Waals surface area contributed by atoms with Gasteiger partial charge in [-0.2, -0.15) is 0 Å². The third-order valence-corrected chi connectivity index (χ3v) is 2.50. The Morgan fingerprint density at radius 1 is 1.33 bits per heavy atom. The Hall–Kier alpha value is -1.18. The number of rotatable bonds is 5. The van der Waals surface area contributed by atoms with Crippen LogP contribution < -0.4 is 11.1 Å². The van der Waals surface area contributed by atoms with Crippen molar-refractivity contribution in [3.8, 4) is 0 Å². The molecule has 0 aliphatic rings. The molecule has 1 aromatic carbocycles. The van der Waals surface area contributed by atoms with Gasteiger partial charge in [-0.3, -0.25) is 0 Å². The molecule has 0 saturated heterocycles. The number of anilines is 2. The minimum atomic E-state index is 0.520.